The van der Waals surface area contributed by atoms with Crippen LogP contribution >= 0.6 is 58.0 Å². The number of hydrogen-bond donors (Lipinski definition) is 0. The average molecular weight is 468 g/mol. The second-order valence-electron chi connectivity index (χ2n) is 2.56. The van der Waals surface area contributed by atoms with Gasteiger partial charge in [0.05, 0.1) is 0 Å². The zero-order valence-corrected chi connectivity index (χ0v) is 17.4. The Morgan fingerprint density at radius 1 is 0.571 bits per heavy atom. The van der Waals surface area contributed by atoms with E-state index in [0.29, 0.717) is 5.82 Å². The third-order valence-corrected chi connectivity index (χ3v) is 2.09. The minimum atomic E-state index is 0. The van der Waals surface area contributed by atoms with Crippen LogP contribution in [0.25, 0.3) is 0 Å². The molecule has 0 saturated heterocycles. The normalized spacial score (nSPS) is 8.29. The Hall–Kier alpha value is 0.716. The van der Waals surface area contributed by atoms with Gasteiger partial charge in [-0.3, -0.25) is 0 Å². The van der Waals surface area contributed by atoms with Crippen molar-refractivity contribution in [3.8, 4) is 0 Å². The zero-order chi connectivity index (χ0) is 13.7. The molecular weight excluding hydrogens is 462 g/mol. The predicted octanol–water partition coefficient (Wildman–Crippen LogP) is 0.392. The van der Waals surface area contributed by atoms with Crippen LogP contribution in [0.2, 0.25) is 26.4 Å². The van der Waals surface area contributed by atoms with E-state index in [1.165, 1.54) is 0 Å². The third kappa shape index (κ3) is 11.9. The third-order valence-electron chi connectivity index (χ3n) is 1.25. The maximum Gasteiger partial charge on any atom is 2.00 e. The van der Waals surface area contributed by atoms with Gasteiger partial charge in [-0.25, -0.2) is 9.97 Å². The van der Waals surface area contributed by atoms with Crippen molar-refractivity contribution in [1.82, 2.24) is 29.9 Å². The summed E-state index contributed by atoms with van der Waals surface area (Å²) in [5.41, 5.74) is 0. The Bertz CT molecular complexity index is 412. The molecular formula is C8H6BrCl5MgN6. The summed E-state index contributed by atoms with van der Waals surface area (Å²) in [6, 6.07) is 0. The van der Waals surface area contributed by atoms with Crippen molar-refractivity contribution < 1.29 is 17.0 Å². The molecule has 2 heterocycles. The molecule has 13 heteroatoms. The van der Waals surface area contributed by atoms with Crippen molar-refractivity contribution in [2.24, 2.45) is 0 Å². The summed E-state index contributed by atoms with van der Waals surface area (Å²) in [5.74, 6) is 0.528. The fourth-order valence-electron chi connectivity index (χ4n) is 0.722. The van der Waals surface area contributed by atoms with E-state index >= 15 is 0 Å². The van der Waals surface area contributed by atoms with E-state index in [1.807, 2.05) is 0 Å². The molecule has 21 heavy (non-hydrogen) atoms. The van der Waals surface area contributed by atoms with Gasteiger partial charge in [-0.15, -0.1) is 0 Å². The molecule has 0 aromatic carbocycles. The molecule has 0 aliphatic heterocycles. The predicted molar refractivity (Wildman–Crippen MR) is 81.6 cm³/mol. The number of nitrogens with zero attached hydrogens (tertiary/aromatic N) is 6. The molecule has 0 atom stereocenters. The maximum absolute atomic E-state index is 5.40. The summed E-state index contributed by atoms with van der Waals surface area (Å²) in [5, 5.41) is 0.264. The van der Waals surface area contributed by atoms with Gasteiger partial charge in [-0.2, -0.15) is 19.9 Å². The largest absolute Gasteiger partial charge is 2.00 e. The second kappa shape index (κ2) is 13.2. The first-order chi connectivity index (χ1) is 8.36. The summed E-state index contributed by atoms with van der Waals surface area (Å²) in [6.45, 7) is 1.69. The smallest absolute Gasteiger partial charge is 1.00 e. The number of hydrogen-bond acceptors (Lipinski definition) is 6. The Kier molecular flexibility index (Phi) is 16.7. The van der Waals surface area contributed by atoms with Crippen molar-refractivity contribution >= 4 is 81.1 Å². The van der Waals surface area contributed by atoms with Gasteiger partial charge in [-0.05, 0) is 64.9 Å². The molecule has 2 aromatic rings. The van der Waals surface area contributed by atoms with Crippen molar-refractivity contribution in [2.75, 3.05) is 0 Å². The SMILES string of the molecule is Cc1nc(Cl)nc(Cl)n1.Clc1nc(Cl)nc(Cl)n1.[Br-].[CH3-].[Mg+2]. The molecule has 0 aliphatic carbocycles. The van der Waals surface area contributed by atoms with E-state index in [-0.39, 0.29) is 73.9 Å². The monoisotopic (exact) mass is 464 g/mol. The standard InChI is InChI=1S/C4H3Cl2N3.C3Cl3N3.CH3.BrH.Mg/c1-2-7-3(5)9-4(6)8-2;4-1-7-2(5)9-3(6)8-1;;;/h1H3;;1H3;1H;/q;;-1;;+2/p-1. The van der Waals surface area contributed by atoms with E-state index in [2.05, 4.69) is 29.9 Å². The van der Waals surface area contributed by atoms with Gasteiger partial charge < -0.3 is 24.4 Å². The second-order valence-corrected chi connectivity index (χ2v) is 4.25. The van der Waals surface area contributed by atoms with Crippen LogP contribution in [0.5, 0.6) is 0 Å². The van der Waals surface area contributed by atoms with Crippen molar-refractivity contribution in [2.45, 2.75) is 6.92 Å². The quantitative estimate of drug-likeness (QED) is 0.412. The molecule has 0 spiro atoms. The summed E-state index contributed by atoms with van der Waals surface area (Å²) in [4.78, 5) is 21.3. The molecule has 2 aromatic heterocycles. The summed E-state index contributed by atoms with van der Waals surface area (Å²) < 4.78 is 0. The van der Waals surface area contributed by atoms with Gasteiger partial charge in [0.25, 0.3) is 0 Å². The molecule has 0 N–H and O–H groups in total. The van der Waals surface area contributed by atoms with Crippen molar-refractivity contribution in [3.05, 3.63) is 39.7 Å². The molecule has 0 bridgehead atoms. The Labute approximate surface area is 173 Å². The van der Waals surface area contributed by atoms with Crippen LogP contribution in [0.1, 0.15) is 5.82 Å². The van der Waals surface area contributed by atoms with Crippen LogP contribution in [0.15, 0.2) is 0 Å². The first-order valence-corrected chi connectivity index (χ1v) is 6.02. The van der Waals surface area contributed by atoms with Crippen LogP contribution < -0.4 is 17.0 Å². The van der Waals surface area contributed by atoms with Crippen LogP contribution in [-0.2, 0) is 0 Å². The summed E-state index contributed by atoms with van der Waals surface area (Å²) in [6.07, 6.45) is 0. The van der Waals surface area contributed by atoms with E-state index in [4.69, 9.17) is 58.0 Å². The van der Waals surface area contributed by atoms with Gasteiger partial charge >= 0.3 is 23.1 Å². The molecule has 2 rings (SSSR count). The molecule has 0 aliphatic rings. The van der Waals surface area contributed by atoms with E-state index in [1.54, 1.807) is 6.92 Å². The fourth-order valence-corrected chi connectivity index (χ4v) is 1.78. The van der Waals surface area contributed by atoms with Crippen molar-refractivity contribution in [3.63, 3.8) is 0 Å². The van der Waals surface area contributed by atoms with E-state index in [0.717, 1.165) is 0 Å². The van der Waals surface area contributed by atoms with Crippen molar-refractivity contribution in [1.29, 1.82) is 0 Å². The van der Waals surface area contributed by atoms with Gasteiger partial charge in [0.1, 0.15) is 5.82 Å². The van der Waals surface area contributed by atoms with Crippen LogP contribution in [0.3, 0.4) is 0 Å². The molecule has 6 nitrogen and oxygen atoms in total. The maximum atomic E-state index is 5.40. The van der Waals surface area contributed by atoms with Gasteiger partial charge in [0.15, 0.2) is 0 Å². The molecule has 0 fully saturated rings. The minimum absolute atomic E-state index is 0. The van der Waals surface area contributed by atoms with Crippen LogP contribution in [0.4, 0.5) is 0 Å². The minimum Gasteiger partial charge on any atom is -1.00 e. The fraction of sp³-hybridized carbons (Fsp3) is 0.125. The average Bonchev–Trinajstić information content (AvgIpc) is 2.12. The molecule has 0 unspecified atom stereocenters. The molecule has 112 valence electrons. The van der Waals surface area contributed by atoms with E-state index < -0.39 is 0 Å². The molecule has 0 amide bonds. The van der Waals surface area contributed by atoms with Gasteiger partial charge in [-0.1, -0.05) is 0 Å². The zero-order valence-electron chi connectivity index (χ0n) is 10.7. The van der Waals surface area contributed by atoms with Gasteiger partial charge in [0.2, 0.25) is 26.4 Å². The first kappa shape index (κ1) is 26.6. The number of aryl methyl sites for hydroxylation is 1. The van der Waals surface area contributed by atoms with Gasteiger partial charge in [0, 0.05) is 0 Å². The number of halogens is 6. The van der Waals surface area contributed by atoms with Crippen LogP contribution in [0, 0.1) is 14.4 Å². The van der Waals surface area contributed by atoms with Crippen LogP contribution in [-0.4, -0.2) is 53.0 Å². The Morgan fingerprint density at radius 3 is 0.952 bits per heavy atom. The number of aromatic nitrogens is 6. The Morgan fingerprint density at radius 2 is 0.762 bits per heavy atom. The number of rotatable bonds is 0. The topological polar surface area (TPSA) is 77.3 Å². The first-order valence-electron chi connectivity index (χ1n) is 4.13. The van der Waals surface area contributed by atoms with E-state index in [9.17, 15) is 0 Å². The molecule has 0 saturated carbocycles. The molecule has 0 radical (unpaired) electrons. The summed E-state index contributed by atoms with van der Waals surface area (Å²) in [7, 11) is 0. The Balaban J connectivity index is -0.000000270. The summed E-state index contributed by atoms with van der Waals surface area (Å²) >= 11 is 26.8.